The van der Waals surface area contributed by atoms with Gasteiger partial charge in [-0.05, 0) is 5.56 Å². The van der Waals surface area contributed by atoms with E-state index in [9.17, 15) is 14.7 Å². The molecule has 17 heavy (non-hydrogen) atoms. The predicted octanol–water partition coefficient (Wildman–Crippen LogP) is 1.33. The lowest BCUT2D eigenvalue weighted by Gasteiger charge is -2.14. The number of hydrogen-bond donors (Lipinski definition) is 1. The number of rotatable bonds is 2. The molecule has 2 atom stereocenters. The molecule has 1 aromatic rings. The van der Waals surface area contributed by atoms with Crippen LogP contribution in [-0.4, -0.2) is 35.0 Å². The molecule has 1 fully saturated rings. The molecule has 90 valence electrons. The Hall–Kier alpha value is -1.84. The molecule has 0 aliphatic carbocycles. The average Bonchev–Trinajstić information content (AvgIpc) is 2.75. The highest BCUT2D eigenvalue weighted by atomic mass is 16.4. The summed E-state index contributed by atoms with van der Waals surface area (Å²) >= 11 is 0. The van der Waals surface area contributed by atoms with Crippen LogP contribution in [0.3, 0.4) is 0 Å². The van der Waals surface area contributed by atoms with E-state index in [4.69, 9.17) is 0 Å². The summed E-state index contributed by atoms with van der Waals surface area (Å²) in [4.78, 5) is 24.1. The van der Waals surface area contributed by atoms with Crippen LogP contribution in [0, 0.1) is 5.92 Å². The van der Waals surface area contributed by atoms with E-state index in [-0.39, 0.29) is 11.8 Å². The number of carboxylic acids is 1. The van der Waals surface area contributed by atoms with Crippen molar-refractivity contribution in [3.8, 4) is 0 Å². The van der Waals surface area contributed by atoms with Gasteiger partial charge in [0.1, 0.15) is 0 Å². The summed E-state index contributed by atoms with van der Waals surface area (Å²) in [5, 5.41) is 9.21. The highest BCUT2D eigenvalue weighted by molar-refractivity contribution is 5.78. The van der Waals surface area contributed by atoms with Crippen LogP contribution in [0.4, 0.5) is 0 Å². The maximum absolute atomic E-state index is 11.3. The standard InChI is InChI=1S/C13H15NO3/c1-9(15)14-7-11(12(8-14)13(16)17)10-5-3-2-4-6-10/h2-6,11-12H,7-8H2,1H3,(H,16,17)/t11-,12-/m1/s1. The van der Waals surface area contributed by atoms with Gasteiger partial charge in [-0.15, -0.1) is 0 Å². The van der Waals surface area contributed by atoms with E-state index in [0.717, 1.165) is 5.56 Å². The van der Waals surface area contributed by atoms with Gasteiger partial charge in [-0.2, -0.15) is 0 Å². The second kappa shape index (κ2) is 4.57. The highest BCUT2D eigenvalue weighted by Gasteiger charge is 2.39. The smallest absolute Gasteiger partial charge is 0.308 e. The van der Waals surface area contributed by atoms with Crippen LogP contribution >= 0.6 is 0 Å². The van der Waals surface area contributed by atoms with Crippen molar-refractivity contribution in [1.29, 1.82) is 0 Å². The maximum Gasteiger partial charge on any atom is 0.308 e. The molecule has 0 aromatic heterocycles. The molecule has 1 aromatic carbocycles. The number of carbonyl (C=O) groups is 2. The number of carboxylic acid groups (broad SMARTS) is 1. The van der Waals surface area contributed by atoms with Crippen LogP contribution in [0.15, 0.2) is 30.3 Å². The Morgan fingerprint density at radius 3 is 2.41 bits per heavy atom. The van der Waals surface area contributed by atoms with E-state index in [2.05, 4.69) is 0 Å². The SMILES string of the molecule is CC(=O)N1C[C@H](c2ccccc2)[C@H](C(=O)O)C1. The number of amides is 1. The first-order valence-electron chi connectivity index (χ1n) is 5.63. The van der Waals surface area contributed by atoms with Crippen LogP contribution < -0.4 is 0 Å². The minimum absolute atomic E-state index is 0.0605. The van der Waals surface area contributed by atoms with Crippen LogP contribution in [-0.2, 0) is 9.59 Å². The molecule has 1 aliphatic heterocycles. The zero-order valence-electron chi connectivity index (χ0n) is 9.67. The summed E-state index contributed by atoms with van der Waals surface area (Å²) in [6.45, 7) is 2.28. The van der Waals surface area contributed by atoms with Crippen molar-refractivity contribution in [2.45, 2.75) is 12.8 Å². The number of benzene rings is 1. The van der Waals surface area contributed by atoms with Gasteiger partial charge in [0.2, 0.25) is 5.91 Å². The molecule has 0 spiro atoms. The molecular formula is C13H15NO3. The topological polar surface area (TPSA) is 57.6 Å². The minimum Gasteiger partial charge on any atom is -0.481 e. The Bertz CT molecular complexity index is 430. The van der Waals surface area contributed by atoms with Gasteiger partial charge in [-0.1, -0.05) is 30.3 Å². The molecule has 0 bridgehead atoms. The Morgan fingerprint density at radius 1 is 1.24 bits per heavy atom. The molecule has 4 heteroatoms. The zero-order valence-corrected chi connectivity index (χ0v) is 9.67. The van der Waals surface area contributed by atoms with Gasteiger partial charge < -0.3 is 10.0 Å². The lowest BCUT2D eigenvalue weighted by atomic mass is 9.89. The van der Waals surface area contributed by atoms with E-state index in [1.807, 2.05) is 30.3 Å². The normalized spacial score (nSPS) is 23.7. The van der Waals surface area contributed by atoms with Gasteiger partial charge >= 0.3 is 5.97 Å². The van der Waals surface area contributed by atoms with Crippen molar-refractivity contribution < 1.29 is 14.7 Å². The van der Waals surface area contributed by atoms with Crippen LogP contribution in [0.25, 0.3) is 0 Å². The first-order valence-corrected chi connectivity index (χ1v) is 5.63. The Balaban J connectivity index is 2.26. The van der Waals surface area contributed by atoms with Gasteiger partial charge in [-0.25, -0.2) is 0 Å². The number of carbonyl (C=O) groups excluding carboxylic acids is 1. The van der Waals surface area contributed by atoms with Crippen molar-refractivity contribution in [2.24, 2.45) is 5.92 Å². The molecule has 4 nitrogen and oxygen atoms in total. The predicted molar refractivity (Wildman–Crippen MR) is 62.6 cm³/mol. The lowest BCUT2D eigenvalue weighted by molar-refractivity contribution is -0.141. The largest absolute Gasteiger partial charge is 0.481 e. The summed E-state index contributed by atoms with van der Waals surface area (Å²) < 4.78 is 0. The molecule has 1 saturated heterocycles. The van der Waals surface area contributed by atoms with Crippen LogP contribution in [0.2, 0.25) is 0 Å². The summed E-state index contributed by atoms with van der Waals surface area (Å²) in [6, 6.07) is 9.53. The van der Waals surface area contributed by atoms with E-state index >= 15 is 0 Å². The van der Waals surface area contributed by atoms with Crippen LogP contribution in [0.1, 0.15) is 18.4 Å². The average molecular weight is 233 g/mol. The molecule has 1 aliphatic rings. The van der Waals surface area contributed by atoms with Crippen molar-refractivity contribution >= 4 is 11.9 Å². The molecule has 1 N–H and O–H groups in total. The number of aliphatic carboxylic acids is 1. The summed E-state index contributed by atoms with van der Waals surface area (Å²) in [5.74, 6) is -1.49. The number of likely N-dealkylation sites (tertiary alicyclic amines) is 1. The minimum atomic E-state index is -0.831. The number of nitrogens with zero attached hydrogens (tertiary/aromatic N) is 1. The summed E-state index contributed by atoms with van der Waals surface area (Å²) in [5.41, 5.74) is 0.989. The second-order valence-corrected chi connectivity index (χ2v) is 4.39. The Kier molecular flexibility index (Phi) is 3.13. The number of hydrogen-bond acceptors (Lipinski definition) is 2. The molecule has 2 rings (SSSR count). The van der Waals surface area contributed by atoms with E-state index in [0.29, 0.717) is 13.1 Å². The molecule has 1 heterocycles. The molecule has 0 radical (unpaired) electrons. The highest BCUT2D eigenvalue weighted by Crippen LogP contribution is 2.32. The maximum atomic E-state index is 11.3. The second-order valence-electron chi connectivity index (χ2n) is 4.39. The van der Waals surface area contributed by atoms with E-state index < -0.39 is 11.9 Å². The van der Waals surface area contributed by atoms with Gasteiger partial charge in [0, 0.05) is 25.9 Å². The fraction of sp³-hybridized carbons (Fsp3) is 0.385. The van der Waals surface area contributed by atoms with Gasteiger partial charge in [-0.3, -0.25) is 9.59 Å². The van der Waals surface area contributed by atoms with E-state index in [1.165, 1.54) is 6.92 Å². The first-order chi connectivity index (χ1) is 8.09. The van der Waals surface area contributed by atoms with Gasteiger partial charge in [0.15, 0.2) is 0 Å². The van der Waals surface area contributed by atoms with Crippen molar-refractivity contribution in [2.75, 3.05) is 13.1 Å². The fourth-order valence-electron chi connectivity index (χ4n) is 2.35. The molecule has 0 saturated carbocycles. The quantitative estimate of drug-likeness (QED) is 0.838. The Morgan fingerprint density at radius 2 is 1.88 bits per heavy atom. The third-order valence-corrected chi connectivity index (χ3v) is 3.31. The Labute approximate surface area is 99.9 Å². The van der Waals surface area contributed by atoms with Crippen molar-refractivity contribution in [3.63, 3.8) is 0 Å². The fourth-order valence-corrected chi connectivity index (χ4v) is 2.35. The molecule has 0 unspecified atom stereocenters. The van der Waals surface area contributed by atoms with Crippen molar-refractivity contribution in [1.82, 2.24) is 4.90 Å². The van der Waals surface area contributed by atoms with E-state index in [1.54, 1.807) is 4.90 Å². The van der Waals surface area contributed by atoms with Gasteiger partial charge in [0.25, 0.3) is 0 Å². The first kappa shape index (κ1) is 11.6. The zero-order chi connectivity index (χ0) is 12.4. The van der Waals surface area contributed by atoms with Crippen LogP contribution in [0.5, 0.6) is 0 Å². The monoisotopic (exact) mass is 233 g/mol. The lowest BCUT2D eigenvalue weighted by Crippen LogP contribution is -2.27. The van der Waals surface area contributed by atoms with Gasteiger partial charge in [0.05, 0.1) is 5.92 Å². The molecular weight excluding hydrogens is 218 g/mol. The summed E-state index contributed by atoms with van der Waals surface area (Å²) in [7, 11) is 0. The van der Waals surface area contributed by atoms with Crippen molar-refractivity contribution in [3.05, 3.63) is 35.9 Å². The molecule has 1 amide bonds. The third-order valence-electron chi connectivity index (χ3n) is 3.31. The third kappa shape index (κ3) is 2.30. The summed E-state index contributed by atoms with van der Waals surface area (Å²) in [6.07, 6.45) is 0.